The van der Waals surface area contributed by atoms with Crippen molar-refractivity contribution in [3.63, 3.8) is 0 Å². The van der Waals surface area contributed by atoms with Crippen LogP contribution in [0.5, 0.6) is 0 Å². The number of pyridine rings is 1. The SMILES string of the molecule is N#CC1CSCN1C(=O)CNC(=O)c1ccnc2ccc(N3CC4(COC4)C3)cc12. The lowest BCUT2D eigenvalue weighted by molar-refractivity contribution is -0.129. The molecule has 2 aromatic rings. The maximum Gasteiger partial charge on any atom is 0.252 e. The van der Waals surface area contributed by atoms with Crippen LogP contribution in [0.25, 0.3) is 10.9 Å². The summed E-state index contributed by atoms with van der Waals surface area (Å²) < 4.78 is 5.34. The van der Waals surface area contributed by atoms with Crippen LogP contribution >= 0.6 is 11.8 Å². The van der Waals surface area contributed by atoms with Crippen molar-refractivity contribution in [2.45, 2.75) is 6.04 Å². The van der Waals surface area contributed by atoms with Gasteiger partial charge in [0.15, 0.2) is 0 Å². The van der Waals surface area contributed by atoms with E-state index in [1.54, 1.807) is 24.0 Å². The fourth-order valence-corrected chi connectivity index (χ4v) is 5.30. The van der Waals surface area contributed by atoms with Crippen LogP contribution in [0.15, 0.2) is 30.5 Å². The predicted molar refractivity (Wildman–Crippen MR) is 113 cm³/mol. The number of carbonyl (C=O) groups is 2. The number of anilines is 1. The molecule has 1 atom stereocenters. The number of aromatic nitrogens is 1. The first kappa shape index (κ1) is 19.2. The van der Waals surface area contributed by atoms with Crippen molar-refractivity contribution < 1.29 is 14.3 Å². The van der Waals surface area contributed by atoms with Crippen molar-refractivity contribution in [3.05, 3.63) is 36.0 Å². The molecule has 0 saturated carbocycles. The van der Waals surface area contributed by atoms with E-state index in [0.717, 1.165) is 42.9 Å². The van der Waals surface area contributed by atoms with E-state index >= 15 is 0 Å². The third kappa shape index (κ3) is 3.26. The van der Waals surface area contributed by atoms with Gasteiger partial charge in [0.25, 0.3) is 5.91 Å². The summed E-state index contributed by atoms with van der Waals surface area (Å²) in [6, 6.07) is 9.33. The Morgan fingerprint density at radius 3 is 2.90 bits per heavy atom. The largest absolute Gasteiger partial charge is 0.380 e. The van der Waals surface area contributed by atoms with Crippen molar-refractivity contribution in [1.29, 1.82) is 5.26 Å². The van der Waals surface area contributed by atoms with Gasteiger partial charge in [0.1, 0.15) is 6.04 Å². The summed E-state index contributed by atoms with van der Waals surface area (Å²) in [6.07, 6.45) is 1.60. The predicted octanol–water partition coefficient (Wildman–Crippen LogP) is 1.23. The zero-order valence-electron chi connectivity index (χ0n) is 16.3. The Morgan fingerprint density at radius 1 is 1.33 bits per heavy atom. The first-order chi connectivity index (χ1) is 14.6. The number of thioether (sulfide) groups is 1. The van der Waals surface area contributed by atoms with Crippen molar-refractivity contribution in [2.24, 2.45) is 5.41 Å². The monoisotopic (exact) mass is 423 g/mol. The minimum atomic E-state index is -0.426. The summed E-state index contributed by atoms with van der Waals surface area (Å²) in [6.45, 7) is 3.44. The van der Waals surface area contributed by atoms with E-state index < -0.39 is 6.04 Å². The molecule has 8 nitrogen and oxygen atoms in total. The van der Waals surface area contributed by atoms with E-state index in [-0.39, 0.29) is 18.4 Å². The smallest absolute Gasteiger partial charge is 0.252 e. The van der Waals surface area contributed by atoms with Gasteiger partial charge in [-0.25, -0.2) is 0 Å². The van der Waals surface area contributed by atoms with Gasteiger partial charge in [-0.1, -0.05) is 0 Å². The molecule has 9 heteroatoms. The molecule has 2 amide bonds. The highest BCUT2D eigenvalue weighted by Gasteiger charge is 2.49. The molecule has 1 N–H and O–H groups in total. The van der Waals surface area contributed by atoms with Gasteiger partial charge in [-0.3, -0.25) is 14.6 Å². The number of nitrogens with one attached hydrogen (secondary N) is 1. The summed E-state index contributed by atoms with van der Waals surface area (Å²) in [5.41, 5.74) is 2.59. The summed E-state index contributed by atoms with van der Waals surface area (Å²) in [7, 11) is 0. The molecule has 154 valence electrons. The summed E-state index contributed by atoms with van der Waals surface area (Å²) in [5, 5.41) is 12.6. The molecule has 5 rings (SSSR count). The lowest BCUT2D eigenvalue weighted by Crippen LogP contribution is -2.66. The summed E-state index contributed by atoms with van der Waals surface area (Å²) in [5.74, 6) is 0.530. The number of rotatable bonds is 4. The highest BCUT2D eigenvalue weighted by molar-refractivity contribution is 7.99. The van der Waals surface area contributed by atoms with Crippen LogP contribution in [-0.2, 0) is 9.53 Å². The average Bonchev–Trinajstić information content (AvgIpc) is 3.18. The lowest BCUT2D eigenvalue weighted by atomic mass is 9.77. The van der Waals surface area contributed by atoms with Gasteiger partial charge >= 0.3 is 0 Å². The minimum Gasteiger partial charge on any atom is -0.380 e. The van der Waals surface area contributed by atoms with Crippen LogP contribution in [0.1, 0.15) is 10.4 Å². The molecule has 0 radical (unpaired) electrons. The molecule has 4 heterocycles. The third-order valence-corrected chi connectivity index (χ3v) is 6.97. The second-order valence-electron chi connectivity index (χ2n) is 8.10. The van der Waals surface area contributed by atoms with Gasteiger partial charge in [-0.15, -0.1) is 11.8 Å². The first-order valence-corrected chi connectivity index (χ1v) is 11.0. The zero-order valence-corrected chi connectivity index (χ0v) is 17.2. The van der Waals surface area contributed by atoms with E-state index in [9.17, 15) is 9.59 Å². The third-order valence-electron chi connectivity index (χ3n) is 5.96. The van der Waals surface area contributed by atoms with Crippen LogP contribution in [0, 0.1) is 16.7 Å². The van der Waals surface area contributed by atoms with Crippen LogP contribution in [0.3, 0.4) is 0 Å². The van der Waals surface area contributed by atoms with Crippen molar-refractivity contribution >= 4 is 40.2 Å². The zero-order chi connectivity index (χ0) is 20.7. The number of nitrogens with zero attached hydrogens (tertiary/aromatic N) is 4. The van der Waals surface area contributed by atoms with Crippen LogP contribution < -0.4 is 10.2 Å². The Balaban J connectivity index is 1.31. The number of fused-ring (bicyclic) bond motifs is 1. The Hall–Kier alpha value is -2.83. The molecule has 0 aliphatic carbocycles. The summed E-state index contributed by atoms with van der Waals surface area (Å²) >= 11 is 1.54. The van der Waals surface area contributed by atoms with Crippen molar-refractivity contribution in [3.8, 4) is 6.07 Å². The topological polar surface area (TPSA) is 98.6 Å². The van der Waals surface area contributed by atoms with Crippen LogP contribution in [0.2, 0.25) is 0 Å². The minimum absolute atomic E-state index is 0.129. The van der Waals surface area contributed by atoms with Crippen LogP contribution in [0.4, 0.5) is 5.69 Å². The Labute approximate surface area is 178 Å². The van der Waals surface area contributed by atoms with Gasteiger partial charge in [0.2, 0.25) is 5.91 Å². The van der Waals surface area contributed by atoms with Crippen molar-refractivity contribution in [1.82, 2.24) is 15.2 Å². The molecule has 1 aromatic heterocycles. The highest BCUT2D eigenvalue weighted by Crippen LogP contribution is 2.40. The highest BCUT2D eigenvalue weighted by atomic mass is 32.2. The molecular formula is C21H21N5O3S. The van der Waals surface area contributed by atoms with E-state index in [1.807, 2.05) is 18.2 Å². The molecule has 3 fully saturated rings. The van der Waals surface area contributed by atoms with Gasteiger partial charge in [-0.2, -0.15) is 5.26 Å². The van der Waals surface area contributed by atoms with E-state index in [0.29, 0.717) is 22.6 Å². The van der Waals surface area contributed by atoms with Gasteiger partial charge in [-0.05, 0) is 24.3 Å². The van der Waals surface area contributed by atoms with Crippen LogP contribution in [-0.4, -0.2) is 72.2 Å². The molecule has 1 aromatic carbocycles. The maximum absolute atomic E-state index is 12.8. The number of hydrogen-bond donors (Lipinski definition) is 1. The summed E-state index contributed by atoms with van der Waals surface area (Å²) in [4.78, 5) is 33.4. The van der Waals surface area contributed by atoms with Gasteiger partial charge in [0.05, 0.1) is 48.2 Å². The number of ether oxygens (including phenoxy) is 1. The molecule has 30 heavy (non-hydrogen) atoms. The number of benzene rings is 1. The Bertz CT molecular complexity index is 1060. The van der Waals surface area contributed by atoms with E-state index in [2.05, 4.69) is 21.3 Å². The Morgan fingerprint density at radius 2 is 2.17 bits per heavy atom. The van der Waals surface area contributed by atoms with E-state index in [4.69, 9.17) is 10.00 Å². The number of amides is 2. The molecule has 3 aliphatic heterocycles. The molecule has 0 bridgehead atoms. The van der Waals surface area contributed by atoms with E-state index in [1.165, 1.54) is 4.90 Å². The normalized spacial score (nSPS) is 21.8. The number of hydrogen-bond acceptors (Lipinski definition) is 7. The lowest BCUT2D eigenvalue weighted by Gasteiger charge is -2.56. The number of carbonyl (C=O) groups excluding carboxylic acids is 2. The molecule has 1 unspecified atom stereocenters. The molecule has 3 saturated heterocycles. The van der Waals surface area contributed by atoms with Gasteiger partial charge < -0.3 is 19.9 Å². The second-order valence-corrected chi connectivity index (χ2v) is 9.10. The Kier molecular flexibility index (Phi) is 4.76. The molecular weight excluding hydrogens is 402 g/mol. The maximum atomic E-state index is 12.8. The average molecular weight is 423 g/mol. The standard InChI is InChI=1S/C21H21N5O3S/c22-6-15-8-30-13-26(15)19(27)7-24-20(28)16-3-4-23-18-2-1-14(5-17(16)18)25-9-21(10-25)11-29-12-21/h1-5,15H,7-13H2,(H,24,28). The fourth-order valence-electron chi connectivity index (χ4n) is 4.20. The molecule has 1 spiro atoms. The molecule has 3 aliphatic rings. The first-order valence-electron chi connectivity index (χ1n) is 9.85. The van der Waals surface area contributed by atoms with Crippen molar-refractivity contribution in [2.75, 3.05) is 49.4 Å². The number of nitriles is 1. The fraction of sp³-hybridized carbons (Fsp3) is 0.429. The second kappa shape index (κ2) is 7.45. The quantitative estimate of drug-likeness (QED) is 0.790. The van der Waals surface area contributed by atoms with Gasteiger partial charge in [0, 0.05) is 36.1 Å².